The maximum absolute atomic E-state index is 11.0. The van der Waals surface area contributed by atoms with E-state index in [0.717, 1.165) is 51.4 Å². The van der Waals surface area contributed by atoms with Gasteiger partial charge in [0.25, 0.3) is 0 Å². The van der Waals surface area contributed by atoms with Crippen molar-refractivity contribution in [2.75, 3.05) is 13.2 Å². The van der Waals surface area contributed by atoms with Crippen molar-refractivity contribution in [1.29, 1.82) is 0 Å². The van der Waals surface area contributed by atoms with E-state index in [1.54, 1.807) is 12.2 Å². The van der Waals surface area contributed by atoms with Crippen LogP contribution in [0.25, 0.3) is 0 Å². The number of hydrogen-bond acceptors (Lipinski definition) is 4. The predicted octanol–water partition coefficient (Wildman–Crippen LogP) is 4.93. The van der Waals surface area contributed by atoms with Gasteiger partial charge in [0, 0.05) is 11.5 Å². The molecule has 0 amide bonds. The molecule has 0 aromatic rings. The fourth-order valence-corrected chi connectivity index (χ4v) is 2.27. The summed E-state index contributed by atoms with van der Waals surface area (Å²) in [6, 6.07) is -0.740. The van der Waals surface area contributed by atoms with Crippen molar-refractivity contribution in [3.05, 3.63) is 46.6 Å². The number of carboxylic acids is 1. The molecule has 0 radical (unpaired) electrons. The largest absolute Gasteiger partial charge is 0.480 e. The zero-order valence-electron chi connectivity index (χ0n) is 15.8. The molecule has 0 aromatic heterocycles. The summed E-state index contributed by atoms with van der Waals surface area (Å²) in [4.78, 5) is 21.0. The number of unbranched alkanes of at least 4 members (excludes halogenated alkanes) is 6. The minimum atomic E-state index is -0.938. The first kappa shape index (κ1) is 24.1. The first-order valence-electron chi connectivity index (χ1n) is 9.49. The Kier molecular flexibility index (Phi) is 16.5. The maximum Gasteiger partial charge on any atom is 0.329 e. The van der Waals surface area contributed by atoms with E-state index in [-0.39, 0.29) is 11.5 Å². The number of aliphatic carboxylic acids is 1. The lowest BCUT2D eigenvalue weighted by atomic mass is 10.1. The lowest BCUT2D eigenvalue weighted by molar-refractivity contribution is -0.496. The molecule has 0 fully saturated rings. The summed E-state index contributed by atoms with van der Waals surface area (Å²) in [6.45, 7) is 2.38. The quantitative estimate of drug-likeness (QED) is 0.170. The van der Waals surface area contributed by atoms with E-state index in [1.165, 1.54) is 0 Å². The highest BCUT2D eigenvalue weighted by molar-refractivity contribution is 5.67. The Labute approximate surface area is 156 Å². The number of rotatable bonds is 17. The third kappa shape index (κ3) is 16.9. The van der Waals surface area contributed by atoms with Gasteiger partial charge in [-0.3, -0.25) is 10.1 Å². The minimum Gasteiger partial charge on any atom is -0.480 e. The van der Waals surface area contributed by atoms with E-state index >= 15 is 0 Å². The smallest absolute Gasteiger partial charge is 0.329 e. The van der Waals surface area contributed by atoms with Crippen LogP contribution in [-0.2, 0) is 9.53 Å². The van der Waals surface area contributed by atoms with Gasteiger partial charge < -0.3 is 9.84 Å². The van der Waals surface area contributed by atoms with E-state index in [1.807, 2.05) is 18.2 Å². The summed E-state index contributed by atoms with van der Waals surface area (Å²) >= 11 is 0. The Morgan fingerprint density at radius 2 is 1.73 bits per heavy atom. The summed E-state index contributed by atoms with van der Waals surface area (Å²) in [5.74, 6) is -0.938. The molecule has 1 atom stereocenters. The molecule has 6 heteroatoms. The Morgan fingerprint density at radius 3 is 2.42 bits per heavy atom. The van der Waals surface area contributed by atoms with E-state index in [9.17, 15) is 14.9 Å². The molecule has 0 bridgehead atoms. The van der Waals surface area contributed by atoms with Crippen molar-refractivity contribution in [1.82, 2.24) is 0 Å². The van der Waals surface area contributed by atoms with E-state index in [4.69, 9.17) is 9.84 Å². The van der Waals surface area contributed by atoms with E-state index in [0.29, 0.717) is 13.0 Å². The fraction of sp³-hybridized carbons (Fsp3) is 0.650. The summed E-state index contributed by atoms with van der Waals surface area (Å²) in [6.07, 6.45) is 19.9. The molecule has 0 aliphatic rings. The number of hydrogen-bond donors (Lipinski definition) is 1. The van der Waals surface area contributed by atoms with E-state index in [2.05, 4.69) is 13.0 Å². The van der Waals surface area contributed by atoms with Crippen LogP contribution in [0.4, 0.5) is 0 Å². The topological polar surface area (TPSA) is 89.7 Å². The van der Waals surface area contributed by atoms with Crippen LogP contribution in [0.2, 0.25) is 0 Å². The Balaban J connectivity index is 3.78. The highest BCUT2D eigenvalue weighted by Gasteiger charge is 2.09. The average molecular weight is 367 g/mol. The van der Waals surface area contributed by atoms with Crippen molar-refractivity contribution < 1.29 is 19.6 Å². The van der Waals surface area contributed by atoms with Gasteiger partial charge in [-0.15, -0.1) is 0 Å². The monoisotopic (exact) mass is 367 g/mol. The number of allylic oxidation sites excluding steroid dienone is 4. The first-order valence-corrected chi connectivity index (χ1v) is 9.49. The van der Waals surface area contributed by atoms with Gasteiger partial charge in [0.15, 0.2) is 0 Å². The normalized spacial score (nSPS) is 13.1. The standard InChI is InChI=1S/C20H33NO5/c1-2-3-4-9-12-15-19(21(24)25)16-13-10-7-5-6-8-11-14-17-26-18-20(22)23/h5,7,12-13,15-16,19H,2-4,6,8-11,14,17-18H2,1H3,(H,22,23)/b7-5+,15-12+,16-13+. The molecule has 148 valence electrons. The molecule has 0 heterocycles. The molecule has 0 aliphatic carbocycles. The molecule has 0 rings (SSSR count). The van der Waals surface area contributed by atoms with Crippen LogP contribution in [0.1, 0.15) is 64.7 Å². The first-order chi connectivity index (χ1) is 12.6. The highest BCUT2D eigenvalue weighted by atomic mass is 16.6. The Hall–Kier alpha value is -1.95. The second kappa shape index (κ2) is 17.9. The summed E-state index contributed by atoms with van der Waals surface area (Å²) in [5.41, 5.74) is 0. The third-order valence-corrected chi connectivity index (χ3v) is 3.71. The minimum absolute atomic E-state index is 0.231. The molecular formula is C20H33NO5. The molecule has 1 unspecified atom stereocenters. The molecule has 0 spiro atoms. The van der Waals surface area contributed by atoms with Crippen LogP contribution in [0.5, 0.6) is 0 Å². The van der Waals surface area contributed by atoms with Gasteiger partial charge in [-0.1, -0.05) is 50.5 Å². The van der Waals surface area contributed by atoms with Crippen molar-refractivity contribution in [2.45, 2.75) is 70.8 Å². The SMILES string of the molecule is CCCCC/C=C/C(/C=C/C/C=C/CCCCCOCC(=O)O)[N+](=O)[O-]. The van der Waals surface area contributed by atoms with Gasteiger partial charge in [-0.05, 0) is 50.7 Å². The molecule has 1 N–H and O–H groups in total. The van der Waals surface area contributed by atoms with Gasteiger partial charge in [0.1, 0.15) is 6.61 Å². The Morgan fingerprint density at radius 1 is 1.04 bits per heavy atom. The molecular weight excluding hydrogens is 334 g/mol. The summed E-state index contributed by atoms with van der Waals surface area (Å²) in [5, 5.41) is 19.4. The van der Waals surface area contributed by atoms with Crippen LogP contribution >= 0.6 is 0 Å². The zero-order valence-corrected chi connectivity index (χ0v) is 15.8. The lowest BCUT2D eigenvalue weighted by Crippen LogP contribution is -2.13. The third-order valence-electron chi connectivity index (χ3n) is 3.71. The van der Waals surface area contributed by atoms with Crippen molar-refractivity contribution in [3.63, 3.8) is 0 Å². The molecule has 0 saturated carbocycles. The number of nitrogens with zero attached hydrogens (tertiary/aromatic N) is 1. The van der Waals surface area contributed by atoms with Gasteiger partial charge in [-0.25, -0.2) is 4.79 Å². The van der Waals surface area contributed by atoms with E-state index < -0.39 is 12.0 Å². The van der Waals surface area contributed by atoms with Crippen molar-refractivity contribution >= 4 is 5.97 Å². The van der Waals surface area contributed by atoms with Crippen LogP contribution in [0.15, 0.2) is 36.5 Å². The van der Waals surface area contributed by atoms with Crippen molar-refractivity contribution in [2.24, 2.45) is 0 Å². The highest BCUT2D eigenvalue weighted by Crippen LogP contribution is 2.04. The van der Waals surface area contributed by atoms with Crippen LogP contribution in [0, 0.1) is 10.1 Å². The van der Waals surface area contributed by atoms with Gasteiger partial charge in [-0.2, -0.15) is 0 Å². The fourth-order valence-electron chi connectivity index (χ4n) is 2.27. The molecule has 6 nitrogen and oxygen atoms in total. The number of carboxylic acid groups (broad SMARTS) is 1. The van der Waals surface area contributed by atoms with Crippen LogP contribution in [0.3, 0.4) is 0 Å². The van der Waals surface area contributed by atoms with Gasteiger partial charge >= 0.3 is 5.97 Å². The molecule has 0 saturated heterocycles. The lowest BCUT2D eigenvalue weighted by Gasteiger charge is -2.00. The summed E-state index contributed by atoms with van der Waals surface area (Å²) < 4.78 is 4.96. The van der Waals surface area contributed by atoms with Crippen LogP contribution < -0.4 is 0 Å². The zero-order chi connectivity index (χ0) is 19.5. The van der Waals surface area contributed by atoms with Crippen LogP contribution in [-0.4, -0.2) is 35.3 Å². The summed E-state index contributed by atoms with van der Waals surface area (Å²) in [7, 11) is 0. The Bertz CT molecular complexity index is 457. The number of nitro groups is 1. The average Bonchev–Trinajstić information content (AvgIpc) is 2.60. The molecule has 0 aromatic carbocycles. The van der Waals surface area contributed by atoms with Gasteiger partial charge in [0.2, 0.25) is 6.04 Å². The second-order valence-electron chi connectivity index (χ2n) is 6.13. The number of ether oxygens (including phenoxy) is 1. The van der Waals surface area contributed by atoms with Crippen molar-refractivity contribution in [3.8, 4) is 0 Å². The predicted molar refractivity (Wildman–Crippen MR) is 104 cm³/mol. The second-order valence-corrected chi connectivity index (χ2v) is 6.13. The van der Waals surface area contributed by atoms with Gasteiger partial charge in [0.05, 0.1) is 0 Å². The molecule has 26 heavy (non-hydrogen) atoms. The molecule has 0 aliphatic heterocycles. The number of carbonyl (C=O) groups is 1. The maximum atomic E-state index is 11.0.